The molecular weight excluding hydrogens is 407 g/mol. The Morgan fingerprint density at radius 2 is 2.03 bits per heavy atom. The average Bonchev–Trinajstić information content (AvgIpc) is 3.17. The van der Waals surface area contributed by atoms with Crippen molar-refractivity contribution in [3.05, 3.63) is 57.5 Å². The third kappa shape index (κ3) is 4.49. The van der Waals surface area contributed by atoms with E-state index in [9.17, 15) is 23.9 Å². The monoisotopic (exact) mass is 432 g/mol. The zero-order chi connectivity index (χ0) is 22.8. The van der Waals surface area contributed by atoms with Gasteiger partial charge in [0, 0.05) is 33.2 Å². The number of carbonyl (C=O) groups is 2. The predicted molar refractivity (Wildman–Crippen MR) is 109 cm³/mol. The summed E-state index contributed by atoms with van der Waals surface area (Å²) in [5, 5.41) is 13.3. The molecule has 0 bridgehead atoms. The van der Waals surface area contributed by atoms with Crippen LogP contribution in [-0.4, -0.2) is 58.0 Å². The van der Waals surface area contributed by atoms with Gasteiger partial charge in [0.15, 0.2) is 11.5 Å². The fraction of sp³-hybridized carbons (Fsp3) is 0.429. The highest BCUT2D eigenvalue weighted by Gasteiger charge is 2.47. The van der Waals surface area contributed by atoms with E-state index >= 15 is 0 Å². The zero-order valence-corrected chi connectivity index (χ0v) is 17.6. The smallest absolute Gasteiger partial charge is 0.294 e. The van der Waals surface area contributed by atoms with Crippen LogP contribution < -0.4 is 10.9 Å². The summed E-state index contributed by atoms with van der Waals surface area (Å²) in [6.07, 6.45) is -0.0450. The van der Waals surface area contributed by atoms with E-state index in [1.807, 2.05) is 6.92 Å². The Morgan fingerprint density at radius 3 is 2.65 bits per heavy atom. The third-order valence-corrected chi connectivity index (χ3v) is 5.35. The lowest BCUT2D eigenvalue weighted by atomic mass is 9.91. The minimum atomic E-state index is -1.34. The van der Waals surface area contributed by atoms with E-state index in [1.165, 1.54) is 43.1 Å². The Labute approximate surface area is 178 Å². The van der Waals surface area contributed by atoms with Crippen molar-refractivity contribution < 1.29 is 23.8 Å². The van der Waals surface area contributed by atoms with Crippen molar-refractivity contribution in [2.45, 2.75) is 38.5 Å². The number of ether oxygens (including phenoxy) is 1. The van der Waals surface area contributed by atoms with Gasteiger partial charge in [-0.15, -0.1) is 0 Å². The van der Waals surface area contributed by atoms with Crippen LogP contribution in [0.15, 0.2) is 29.1 Å². The highest BCUT2D eigenvalue weighted by molar-refractivity contribution is 5.95. The highest BCUT2D eigenvalue weighted by atomic mass is 19.1. The van der Waals surface area contributed by atoms with Crippen LogP contribution in [0.25, 0.3) is 0 Å². The van der Waals surface area contributed by atoms with E-state index in [-0.39, 0.29) is 30.7 Å². The van der Waals surface area contributed by atoms with Crippen LogP contribution in [0.4, 0.5) is 4.39 Å². The number of amides is 1. The lowest BCUT2D eigenvalue weighted by molar-refractivity contribution is -0.123. The van der Waals surface area contributed by atoms with Crippen LogP contribution in [0.5, 0.6) is 5.75 Å². The molecule has 1 amide bonds. The second kappa shape index (κ2) is 8.94. The molecule has 31 heavy (non-hydrogen) atoms. The fourth-order valence-electron chi connectivity index (χ4n) is 3.68. The molecule has 3 rings (SSSR count). The number of benzene rings is 1. The molecule has 3 N–H and O–H groups in total. The molecule has 0 saturated carbocycles. The molecule has 0 unspecified atom stereocenters. The van der Waals surface area contributed by atoms with Crippen molar-refractivity contribution >= 4 is 11.7 Å². The minimum absolute atomic E-state index is 0.0523. The summed E-state index contributed by atoms with van der Waals surface area (Å²) < 4.78 is 18.7. The summed E-state index contributed by atoms with van der Waals surface area (Å²) in [6.45, 7) is 4.12. The average molecular weight is 432 g/mol. The van der Waals surface area contributed by atoms with Crippen molar-refractivity contribution in [3.8, 4) is 5.75 Å². The Morgan fingerprint density at radius 1 is 1.35 bits per heavy atom. The molecular formula is C21H25FN4O5. The number of aromatic amines is 1. The van der Waals surface area contributed by atoms with Gasteiger partial charge in [-0.05, 0) is 31.5 Å². The number of ketones is 1. The molecule has 10 heteroatoms. The van der Waals surface area contributed by atoms with Gasteiger partial charge in [-0.1, -0.05) is 12.1 Å². The van der Waals surface area contributed by atoms with Crippen molar-refractivity contribution in [2.24, 2.45) is 0 Å². The van der Waals surface area contributed by atoms with Gasteiger partial charge in [0.05, 0.1) is 6.10 Å². The fourth-order valence-corrected chi connectivity index (χ4v) is 3.68. The molecule has 2 aromatic rings. The van der Waals surface area contributed by atoms with Crippen LogP contribution in [0, 0.1) is 5.82 Å². The molecule has 166 valence electrons. The number of hydrogen-bond donors (Lipinski definition) is 3. The number of carbonyl (C=O) groups excluding carboxylic acids is 2. The maximum atomic E-state index is 13.1. The van der Waals surface area contributed by atoms with Crippen molar-refractivity contribution in [3.63, 3.8) is 0 Å². The third-order valence-electron chi connectivity index (χ3n) is 5.35. The molecule has 2 atom stereocenters. The Hall–Kier alpha value is -3.11. The highest BCUT2D eigenvalue weighted by Crippen LogP contribution is 2.31. The predicted octanol–water partition coefficient (Wildman–Crippen LogP) is 1.07. The van der Waals surface area contributed by atoms with Crippen LogP contribution in [0.2, 0.25) is 0 Å². The first-order valence-corrected chi connectivity index (χ1v) is 9.89. The van der Waals surface area contributed by atoms with E-state index in [4.69, 9.17) is 4.74 Å². The molecule has 1 aliphatic heterocycles. The summed E-state index contributed by atoms with van der Waals surface area (Å²) in [5.74, 6) is -2.31. The minimum Gasteiger partial charge on any atom is -0.501 e. The van der Waals surface area contributed by atoms with Gasteiger partial charge >= 0.3 is 0 Å². The van der Waals surface area contributed by atoms with Crippen LogP contribution in [0.3, 0.4) is 0 Å². The summed E-state index contributed by atoms with van der Waals surface area (Å²) in [5.41, 5.74) is -2.08. The van der Waals surface area contributed by atoms with E-state index in [1.54, 1.807) is 0 Å². The van der Waals surface area contributed by atoms with Gasteiger partial charge < -0.3 is 19.7 Å². The topological polar surface area (TPSA) is 125 Å². The van der Waals surface area contributed by atoms with E-state index in [0.29, 0.717) is 18.7 Å². The lowest BCUT2D eigenvalue weighted by Gasteiger charge is -2.26. The first-order valence-electron chi connectivity index (χ1n) is 9.89. The van der Waals surface area contributed by atoms with E-state index < -0.39 is 34.3 Å². The lowest BCUT2D eigenvalue weighted by Crippen LogP contribution is -2.46. The quantitative estimate of drug-likeness (QED) is 0.598. The molecule has 1 aromatic heterocycles. The maximum absolute atomic E-state index is 13.1. The molecule has 1 aliphatic rings. The molecule has 1 fully saturated rings. The molecule has 0 aliphatic carbocycles. The first-order chi connectivity index (χ1) is 14.7. The molecule has 1 aromatic carbocycles. The SMILES string of the molecule is CCO[C@H]1CN[C@@](C(C)=O)(c2nc(C(=O)N(C)Cc3ccc(F)cc3)c(O)c(=O)[nH]2)C1. The number of aromatic nitrogens is 2. The van der Waals surface area contributed by atoms with Gasteiger partial charge in [0.25, 0.3) is 11.5 Å². The van der Waals surface area contributed by atoms with Crippen LogP contribution in [-0.2, 0) is 21.6 Å². The van der Waals surface area contributed by atoms with Crippen molar-refractivity contribution in [1.82, 2.24) is 20.2 Å². The maximum Gasteiger partial charge on any atom is 0.294 e. The summed E-state index contributed by atoms with van der Waals surface area (Å²) in [4.78, 5) is 45.7. The standard InChI is InChI=1S/C21H25FN4O5/c1-4-31-15-9-21(12(2)27,23-10-15)20-24-16(17(28)18(29)25-20)19(30)26(3)11-13-5-7-14(22)8-6-13/h5-8,15,23,28H,4,9-11H2,1-3H3,(H,24,25,29)/t15-,21+/m1/s1. The summed E-state index contributed by atoms with van der Waals surface area (Å²) >= 11 is 0. The number of hydrogen-bond acceptors (Lipinski definition) is 7. The molecule has 9 nitrogen and oxygen atoms in total. The van der Waals surface area contributed by atoms with Gasteiger partial charge in [-0.2, -0.15) is 0 Å². The second-order valence-electron chi connectivity index (χ2n) is 7.52. The molecule has 0 radical (unpaired) electrons. The number of nitrogens with one attached hydrogen (secondary N) is 2. The zero-order valence-electron chi connectivity index (χ0n) is 17.6. The van der Waals surface area contributed by atoms with Gasteiger partial charge in [0.2, 0.25) is 5.75 Å². The van der Waals surface area contributed by atoms with Crippen molar-refractivity contribution in [2.75, 3.05) is 20.2 Å². The van der Waals surface area contributed by atoms with Gasteiger partial charge in [-0.3, -0.25) is 19.7 Å². The first kappa shape index (κ1) is 22.6. The molecule has 2 heterocycles. The van der Waals surface area contributed by atoms with Crippen molar-refractivity contribution in [1.29, 1.82) is 0 Å². The second-order valence-corrected chi connectivity index (χ2v) is 7.52. The largest absolute Gasteiger partial charge is 0.501 e. The van der Waals surface area contributed by atoms with Gasteiger partial charge in [-0.25, -0.2) is 9.37 Å². The number of aromatic hydroxyl groups is 1. The van der Waals surface area contributed by atoms with Gasteiger partial charge in [0.1, 0.15) is 17.2 Å². The Kier molecular flexibility index (Phi) is 6.51. The Balaban J connectivity index is 1.95. The normalized spacial score (nSPS) is 20.6. The van der Waals surface area contributed by atoms with E-state index in [2.05, 4.69) is 15.3 Å². The van der Waals surface area contributed by atoms with Crippen LogP contribution >= 0.6 is 0 Å². The molecule has 0 spiro atoms. The number of rotatable bonds is 7. The number of nitrogens with zero attached hydrogens (tertiary/aromatic N) is 2. The molecule has 1 saturated heterocycles. The Bertz CT molecular complexity index is 1040. The summed E-state index contributed by atoms with van der Waals surface area (Å²) in [7, 11) is 1.47. The number of Topliss-reactive ketones (excluding diaryl/α,β-unsaturated/α-hetero) is 1. The summed E-state index contributed by atoms with van der Waals surface area (Å²) in [6, 6.07) is 5.59. The number of halogens is 1. The van der Waals surface area contributed by atoms with Crippen LogP contribution in [0.1, 0.15) is 42.1 Å². The number of H-pyrrole nitrogens is 1. The van der Waals surface area contributed by atoms with E-state index in [0.717, 1.165) is 0 Å².